The number of piperidine rings is 1. The van der Waals surface area contributed by atoms with Gasteiger partial charge < -0.3 is 5.11 Å². The number of nitrogens with zero attached hydrogens (tertiary/aromatic N) is 2. The van der Waals surface area contributed by atoms with Crippen LogP contribution >= 0.6 is 0 Å². The van der Waals surface area contributed by atoms with E-state index < -0.39 is 4.92 Å². The van der Waals surface area contributed by atoms with Crippen molar-refractivity contribution >= 4 is 11.5 Å². The number of likely N-dealkylation sites (tertiary alicyclic amines) is 1. The van der Waals surface area contributed by atoms with E-state index in [0.717, 1.165) is 25.9 Å². The van der Waals surface area contributed by atoms with Crippen LogP contribution in [0.2, 0.25) is 0 Å². The number of benzene rings is 1. The third kappa shape index (κ3) is 3.61. The minimum Gasteiger partial charge on any atom is -0.396 e. The Bertz CT molecular complexity index is 486. The number of carbonyl (C=O) groups is 1. The van der Waals surface area contributed by atoms with Gasteiger partial charge in [0.2, 0.25) is 0 Å². The minimum atomic E-state index is -0.481. The zero-order valence-corrected chi connectivity index (χ0v) is 11.2. The molecule has 20 heavy (non-hydrogen) atoms. The van der Waals surface area contributed by atoms with Crippen molar-refractivity contribution in [3.05, 3.63) is 39.9 Å². The highest BCUT2D eigenvalue weighted by molar-refractivity contribution is 5.97. The fourth-order valence-corrected chi connectivity index (χ4v) is 2.51. The van der Waals surface area contributed by atoms with Crippen molar-refractivity contribution in [3.8, 4) is 0 Å². The maximum Gasteiger partial charge on any atom is 0.269 e. The van der Waals surface area contributed by atoms with Gasteiger partial charge in [0.05, 0.1) is 11.5 Å². The summed E-state index contributed by atoms with van der Waals surface area (Å²) in [5, 5.41) is 19.7. The second kappa shape index (κ2) is 6.58. The Morgan fingerprint density at radius 1 is 1.40 bits per heavy atom. The van der Waals surface area contributed by atoms with Gasteiger partial charge in [0.15, 0.2) is 5.78 Å². The van der Waals surface area contributed by atoms with Crippen molar-refractivity contribution in [1.29, 1.82) is 0 Å². The van der Waals surface area contributed by atoms with Crippen LogP contribution in [0.3, 0.4) is 0 Å². The van der Waals surface area contributed by atoms with Gasteiger partial charge in [-0.25, -0.2) is 0 Å². The van der Waals surface area contributed by atoms with Crippen LogP contribution in [-0.4, -0.2) is 47.0 Å². The number of rotatable bonds is 5. The molecule has 0 amide bonds. The van der Waals surface area contributed by atoms with E-state index in [4.69, 9.17) is 5.11 Å². The fourth-order valence-electron chi connectivity index (χ4n) is 2.51. The molecule has 1 aromatic carbocycles. The van der Waals surface area contributed by atoms with Gasteiger partial charge in [0.25, 0.3) is 5.69 Å². The summed E-state index contributed by atoms with van der Waals surface area (Å²) in [6, 6.07) is 5.68. The van der Waals surface area contributed by atoms with Crippen LogP contribution in [0, 0.1) is 16.0 Å². The van der Waals surface area contributed by atoms with Crippen molar-refractivity contribution in [1.82, 2.24) is 4.90 Å². The lowest BCUT2D eigenvalue weighted by Crippen LogP contribution is -2.39. The van der Waals surface area contributed by atoms with Crippen molar-refractivity contribution in [2.45, 2.75) is 12.8 Å². The highest BCUT2D eigenvalue weighted by atomic mass is 16.6. The molecule has 0 aliphatic carbocycles. The zero-order valence-electron chi connectivity index (χ0n) is 11.2. The van der Waals surface area contributed by atoms with Crippen molar-refractivity contribution in [2.75, 3.05) is 26.2 Å². The first-order valence-electron chi connectivity index (χ1n) is 6.71. The molecular formula is C14H18N2O4. The molecular weight excluding hydrogens is 260 g/mol. The van der Waals surface area contributed by atoms with E-state index in [1.165, 1.54) is 24.3 Å². The van der Waals surface area contributed by atoms with E-state index in [1.807, 2.05) is 4.90 Å². The van der Waals surface area contributed by atoms with E-state index >= 15 is 0 Å². The number of hydrogen-bond acceptors (Lipinski definition) is 5. The third-order valence-corrected chi connectivity index (χ3v) is 3.63. The number of aliphatic hydroxyl groups excluding tert-OH is 1. The first-order chi connectivity index (χ1) is 9.60. The highest BCUT2D eigenvalue weighted by Gasteiger charge is 2.21. The molecule has 1 aliphatic heterocycles. The SMILES string of the molecule is O=C(CN1CCCC(CO)C1)c1ccc([N+](=O)[O-])cc1. The van der Waals surface area contributed by atoms with Crippen LogP contribution in [0.4, 0.5) is 5.69 Å². The molecule has 1 aliphatic rings. The predicted octanol–water partition coefficient (Wildman–Crippen LogP) is 1.48. The lowest BCUT2D eigenvalue weighted by atomic mass is 9.98. The monoisotopic (exact) mass is 278 g/mol. The molecule has 2 rings (SSSR count). The van der Waals surface area contributed by atoms with Gasteiger partial charge in [0, 0.05) is 30.8 Å². The van der Waals surface area contributed by atoms with Gasteiger partial charge in [-0.15, -0.1) is 0 Å². The third-order valence-electron chi connectivity index (χ3n) is 3.63. The van der Waals surface area contributed by atoms with Crippen LogP contribution in [0.15, 0.2) is 24.3 Å². The molecule has 1 heterocycles. The Balaban J connectivity index is 1.95. The van der Waals surface area contributed by atoms with Crippen LogP contribution < -0.4 is 0 Å². The number of Topliss-reactive ketones (excluding diaryl/α,β-unsaturated/α-hetero) is 1. The summed E-state index contributed by atoms with van der Waals surface area (Å²) in [4.78, 5) is 24.2. The molecule has 0 saturated carbocycles. The first-order valence-corrected chi connectivity index (χ1v) is 6.71. The van der Waals surface area contributed by atoms with Crippen LogP contribution in [0.5, 0.6) is 0 Å². The van der Waals surface area contributed by atoms with E-state index in [-0.39, 0.29) is 24.0 Å². The standard InChI is InChI=1S/C14H18N2O4/c17-10-11-2-1-7-15(8-11)9-14(18)12-3-5-13(6-4-12)16(19)20/h3-6,11,17H,1-2,7-10H2. The Labute approximate surface area is 117 Å². The second-order valence-corrected chi connectivity index (χ2v) is 5.15. The van der Waals surface area contributed by atoms with Crippen molar-refractivity contribution < 1.29 is 14.8 Å². The molecule has 1 unspecified atom stereocenters. The predicted molar refractivity (Wildman–Crippen MR) is 73.7 cm³/mol. The summed E-state index contributed by atoms with van der Waals surface area (Å²) >= 11 is 0. The summed E-state index contributed by atoms with van der Waals surface area (Å²) in [7, 11) is 0. The highest BCUT2D eigenvalue weighted by Crippen LogP contribution is 2.17. The van der Waals surface area contributed by atoms with Crippen molar-refractivity contribution in [3.63, 3.8) is 0 Å². The van der Waals surface area contributed by atoms with Gasteiger partial charge in [-0.05, 0) is 37.4 Å². The summed E-state index contributed by atoms with van der Waals surface area (Å²) < 4.78 is 0. The minimum absolute atomic E-state index is 0.0140. The molecule has 0 bridgehead atoms. The maximum atomic E-state index is 12.1. The summed E-state index contributed by atoms with van der Waals surface area (Å²) in [6.45, 7) is 2.04. The molecule has 1 aromatic rings. The van der Waals surface area contributed by atoms with E-state index in [0.29, 0.717) is 12.1 Å². The number of aliphatic hydroxyl groups is 1. The lowest BCUT2D eigenvalue weighted by molar-refractivity contribution is -0.384. The quantitative estimate of drug-likeness (QED) is 0.501. The molecule has 6 heteroatoms. The summed E-state index contributed by atoms with van der Waals surface area (Å²) in [5.41, 5.74) is 0.474. The van der Waals surface area contributed by atoms with Gasteiger partial charge in [-0.3, -0.25) is 19.8 Å². The van der Waals surface area contributed by atoms with Crippen LogP contribution in [-0.2, 0) is 0 Å². The Kier molecular flexibility index (Phi) is 4.81. The molecule has 0 radical (unpaired) electrons. The lowest BCUT2D eigenvalue weighted by Gasteiger charge is -2.31. The van der Waals surface area contributed by atoms with Gasteiger partial charge in [-0.1, -0.05) is 0 Å². The van der Waals surface area contributed by atoms with E-state index in [2.05, 4.69) is 0 Å². The number of hydrogen-bond donors (Lipinski definition) is 1. The molecule has 1 saturated heterocycles. The maximum absolute atomic E-state index is 12.1. The zero-order chi connectivity index (χ0) is 14.5. The summed E-state index contributed by atoms with van der Waals surface area (Å²) in [5.74, 6) is 0.201. The molecule has 0 aromatic heterocycles. The topological polar surface area (TPSA) is 83.7 Å². The Morgan fingerprint density at radius 3 is 2.70 bits per heavy atom. The Hall–Kier alpha value is -1.79. The molecule has 1 N–H and O–H groups in total. The molecule has 1 atom stereocenters. The van der Waals surface area contributed by atoms with E-state index in [1.54, 1.807) is 0 Å². The normalized spacial score (nSPS) is 19.8. The van der Waals surface area contributed by atoms with Crippen LogP contribution in [0.1, 0.15) is 23.2 Å². The number of nitro benzene ring substituents is 1. The molecule has 6 nitrogen and oxygen atoms in total. The molecule has 0 spiro atoms. The summed E-state index contributed by atoms with van der Waals surface area (Å²) in [6.07, 6.45) is 1.98. The Morgan fingerprint density at radius 2 is 2.10 bits per heavy atom. The molecule has 108 valence electrons. The number of ketones is 1. The van der Waals surface area contributed by atoms with Gasteiger partial charge in [0.1, 0.15) is 0 Å². The average Bonchev–Trinajstić information content (AvgIpc) is 2.47. The second-order valence-electron chi connectivity index (χ2n) is 5.15. The van der Waals surface area contributed by atoms with Gasteiger partial charge in [-0.2, -0.15) is 0 Å². The number of nitro groups is 1. The smallest absolute Gasteiger partial charge is 0.269 e. The van der Waals surface area contributed by atoms with E-state index in [9.17, 15) is 14.9 Å². The number of non-ortho nitro benzene ring substituents is 1. The van der Waals surface area contributed by atoms with Gasteiger partial charge >= 0.3 is 0 Å². The largest absolute Gasteiger partial charge is 0.396 e. The average molecular weight is 278 g/mol. The van der Waals surface area contributed by atoms with Crippen molar-refractivity contribution in [2.24, 2.45) is 5.92 Å². The molecule has 1 fully saturated rings. The number of carbonyl (C=O) groups excluding carboxylic acids is 1. The van der Waals surface area contributed by atoms with Crippen LogP contribution in [0.25, 0.3) is 0 Å². The first kappa shape index (κ1) is 14.6. The fraction of sp³-hybridized carbons (Fsp3) is 0.500.